The molecule has 1 aliphatic carbocycles. The summed E-state index contributed by atoms with van der Waals surface area (Å²) in [5.41, 5.74) is 2.05. The predicted molar refractivity (Wildman–Crippen MR) is 81.9 cm³/mol. The van der Waals surface area contributed by atoms with Crippen molar-refractivity contribution in [3.05, 3.63) is 35.4 Å². The molecule has 110 valence electrons. The number of rotatable bonds is 3. The maximum atomic E-state index is 11.7. The third-order valence-corrected chi connectivity index (χ3v) is 4.67. The maximum absolute atomic E-state index is 11.7. The highest BCUT2D eigenvalue weighted by molar-refractivity contribution is 5.75. The molecule has 2 atom stereocenters. The molecule has 1 fully saturated rings. The SMILES string of the molecule is CC1CCC(Cc2ccc(C(C)(C)C)cc2)(C(=O)O)C1. The highest BCUT2D eigenvalue weighted by atomic mass is 16.4. The van der Waals surface area contributed by atoms with Crippen molar-refractivity contribution in [2.24, 2.45) is 11.3 Å². The second kappa shape index (κ2) is 5.23. The molecule has 2 unspecified atom stereocenters. The average molecular weight is 274 g/mol. The van der Waals surface area contributed by atoms with Crippen LogP contribution in [0.1, 0.15) is 58.1 Å². The topological polar surface area (TPSA) is 37.3 Å². The van der Waals surface area contributed by atoms with E-state index < -0.39 is 11.4 Å². The second-order valence-electron chi connectivity index (χ2n) is 7.56. The van der Waals surface area contributed by atoms with Crippen molar-refractivity contribution in [3.63, 3.8) is 0 Å². The Morgan fingerprint density at radius 1 is 1.30 bits per heavy atom. The van der Waals surface area contributed by atoms with E-state index in [9.17, 15) is 9.90 Å². The smallest absolute Gasteiger partial charge is 0.309 e. The summed E-state index contributed by atoms with van der Waals surface area (Å²) < 4.78 is 0. The van der Waals surface area contributed by atoms with Crippen LogP contribution in [0.4, 0.5) is 0 Å². The Hall–Kier alpha value is -1.31. The van der Waals surface area contributed by atoms with Crippen LogP contribution >= 0.6 is 0 Å². The summed E-state index contributed by atoms with van der Waals surface area (Å²) in [7, 11) is 0. The van der Waals surface area contributed by atoms with Crippen molar-refractivity contribution in [1.29, 1.82) is 0 Å². The zero-order valence-electron chi connectivity index (χ0n) is 13.1. The van der Waals surface area contributed by atoms with Crippen LogP contribution in [-0.4, -0.2) is 11.1 Å². The van der Waals surface area contributed by atoms with E-state index in [1.54, 1.807) is 0 Å². The molecule has 2 nitrogen and oxygen atoms in total. The Bertz CT molecular complexity index is 481. The molecule has 2 heteroatoms. The number of carbonyl (C=O) groups is 1. The first-order chi connectivity index (χ1) is 9.23. The van der Waals surface area contributed by atoms with Crippen LogP contribution in [0.2, 0.25) is 0 Å². The Morgan fingerprint density at radius 3 is 2.30 bits per heavy atom. The molecular formula is C18H26O2. The first kappa shape index (κ1) is 15.1. The highest BCUT2D eigenvalue weighted by Gasteiger charge is 2.44. The van der Waals surface area contributed by atoms with Gasteiger partial charge in [0.15, 0.2) is 0 Å². The van der Waals surface area contributed by atoms with Gasteiger partial charge in [0.25, 0.3) is 0 Å². The molecule has 1 aliphatic rings. The summed E-state index contributed by atoms with van der Waals surface area (Å²) >= 11 is 0. The molecule has 1 aromatic rings. The Kier molecular flexibility index (Phi) is 3.95. The molecule has 0 aliphatic heterocycles. The molecule has 2 rings (SSSR count). The fourth-order valence-corrected chi connectivity index (χ4v) is 3.34. The fraction of sp³-hybridized carbons (Fsp3) is 0.611. The molecule has 0 radical (unpaired) electrons. The van der Waals surface area contributed by atoms with Crippen LogP contribution in [0.5, 0.6) is 0 Å². The molecule has 0 spiro atoms. The monoisotopic (exact) mass is 274 g/mol. The van der Waals surface area contributed by atoms with E-state index in [1.165, 1.54) is 5.56 Å². The first-order valence-corrected chi connectivity index (χ1v) is 7.56. The lowest BCUT2D eigenvalue weighted by Gasteiger charge is -2.25. The molecule has 0 amide bonds. The van der Waals surface area contributed by atoms with E-state index in [4.69, 9.17) is 0 Å². The molecule has 0 bridgehead atoms. The van der Waals surface area contributed by atoms with Gasteiger partial charge in [0.05, 0.1) is 5.41 Å². The van der Waals surface area contributed by atoms with E-state index in [0.29, 0.717) is 12.3 Å². The number of benzene rings is 1. The van der Waals surface area contributed by atoms with Crippen LogP contribution in [-0.2, 0) is 16.6 Å². The van der Waals surface area contributed by atoms with E-state index >= 15 is 0 Å². The van der Waals surface area contributed by atoms with Crippen LogP contribution in [0.25, 0.3) is 0 Å². The van der Waals surface area contributed by atoms with E-state index in [0.717, 1.165) is 24.8 Å². The molecule has 1 saturated carbocycles. The average Bonchev–Trinajstić information content (AvgIpc) is 2.71. The van der Waals surface area contributed by atoms with Crippen molar-refractivity contribution in [3.8, 4) is 0 Å². The van der Waals surface area contributed by atoms with E-state index in [-0.39, 0.29) is 5.41 Å². The van der Waals surface area contributed by atoms with Crippen LogP contribution in [0.3, 0.4) is 0 Å². The number of hydrogen-bond acceptors (Lipinski definition) is 1. The van der Waals surface area contributed by atoms with Gasteiger partial charge in [0.2, 0.25) is 0 Å². The van der Waals surface area contributed by atoms with Gasteiger partial charge in [-0.15, -0.1) is 0 Å². The minimum absolute atomic E-state index is 0.144. The van der Waals surface area contributed by atoms with E-state index in [2.05, 4.69) is 52.0 Å². The van der Waals surface area contributed by atoms with Gasteiger partial charge >= 0.3 is 5.97 Å². The van der Waals surface area contributed by atoms with Crippen molar-refractivity contribution < 1.29 is 9.90 Å². The van der Waals surface area contributed by atoms with Gasteiger partial charge in [-0.3, -0.25) is 4.79 Å². The van der Waals surface area contributed by atoms with Crippen LogP contribution in [0.15, 0.2) is 24.3 Å². The molecule has 1 N–H and O–H groups in total. The second-order valence-corrected chi connectivity index (χ2v) is 7.56. The molecule has 0 heterocycles. The number of carboxylic acids is 1. The minimum atomic E-state index is -0.623. The lowest BCUT2D eigenvalue weighted by Crippen LogP contribution is -2.30. The van der Waals surface area contributed by atoms with E-state index in [1.807, 2.05) is 0 Å². The molecule has 20 heavy (non-hydrogen) atoms. The normalized spacial score (nSPS) is 26.7. The lowest BCUT2D eigenvalue weighted by molar-refractivity contribution is -0.148. The lowest BCUT2D eigenvalue weighted by atomic mass is 9.78. The van der Waals surface area contributed by atoms with Crippen molar-refractivity contribution in [2.45, 2.75) is 58.8 Å². The Balaban J connectivity index is 2.18. The minimum Gasteiger partial charge on any atom is -0.481 e. The van der Waals surface area contributed by atoms with Gasteiger partial charge in [0, 0.05) is 0 Å². The van der Waals surface area contributed by atoms with Gasteiger partial charge < -0.3 is 5.11 Å². The maximum Gasteiger partial charge on any atom is 0.309 e. The van der Waals surface area contributed by atoms with Crippen LogP contribution in [0, 0.1) is 11.3 Å². The van der Waals surface area contributed by atoms with Crippen LogP contribution < -0.4 is 0 Å². The van der Waals surface area contributed by atoms with Gasteiger partial charge in [-0.2, -0.15) is 0 Å². The molecule has 0 saturated heterocycles. The summed E-state index contributed by atoms with van der Waals surface area (Å²) in [5, 5.41) is 9.63. The summed E-state index contributed by atoms with van der Waals surface area (Å²) in [4.78, 5) is 11.7. The Labute approximate surface area is 122 Å². The van der Waals surface area contributed by atoms with Gasteiger partial charge in [-0.1, -0.05) is 52.0 Å². The third-order valence-electron chi connectivity index (χ3n) is 4.67. The molecule has 0 aromatic heterocycles. The summed E-state index contributed by atoms with van der Waals surface area (Å²) in [5.74, 6) is -0.0957. The van der Waals surface area contributed by atoms with Crippen molar-refractivity contribution in [2.75, 3.05) is 0 Å². The number of carboxylic acid groups (broad SMARTS) is 1. The summed E-state index contributed by atoms with van der Waals surface area (Å²) in [6.07, 6.45) is 3.32. The third kappa shape index (κ3) is 3.05. The van der Waals surface area contributed by atoms with Crippen molar-refractivity contribution in [1.82, 2.24) is 0 Å². The fourth-order valence-electron chi connectivity index (χ4n) is 3.34. The number of hydrogen-bond donors (Lipinski definition) is 1. The number of aliphatic carboxylic acids is 1. The zero-order valence-corrected chi connectivity index (χ0v) is 13.1. The van der Waals surface area contributed by atoms with Crippen molar-refractivity contribution >= 4 is 5.97 Å². The summed E-state index contributed by atoms with van der Waals surface area (Å²) in [6.45, 7) is 8.74. The molecule has 1 aromatic carbocycles. The standard InChI is InChI=1S/C18H26O2/c1-13-9-10-18(11-13,16(19)20)12-14-5-7-15(8-6-14)17(2,3)4/h5-8,13H,9-12H2,1-4H3,(H,19,20). The predicted octanol–water partition coefficient (Wildman–Crippen LogP) is 4.42. The summed E-state index contributed by atoms with van der Waals surface area (Å²) in [6, 6.07) is 8.50. The Morgan fingerprint density at radius 2 is 1.90 bits per heavy atom. The molecular weight excluding hydrogens is 248 g/mol. The van der Waals surface area contributed by atoms with Gasteiger partial charge in [-0.05, 0) is 48.1 Å². The quantitative estimate of drug-likeness (QED) is 0.886. The zero-order chi connectivity index (χ0) is 15.0. The highest BCUT2D eigenvalue weighted by Crippen LogP contribution is 2.44. The largest absolute Gasteiger partial charge is 0.481 e. The van der Waals surface area contributed by atoms with Gasteiger partial charge in [-0.25, -0.2) is 0 Å². The first-order valence-electron chi connectivity index (χ1n) is 7.56. The van der Waals surface area contributed by atoms with Gasteiger partial charge in [0.1, 0.15) is 0 Å².